The fraction of sp³-hybridized carbons (Fsp3) is 0.190. The second-order valence-corrected chi connectivity index (χ2v) is 6.68. The van der Waals surface area contributed by atoms with Gasteiger partial charge in [0.1, 0.15) is 5.82 Å². The van der Waals surface area contributed by atoms with Crippen LogP contribution in [0.1, 0.15) is 33.3 Å². The number of aryl methyl sites for hydroxylation is 1. The Bertz CT molecular complexity index is 985. The number of halogens is 1. The molecule has 0 saturated carbocycles. The van der Waals surface area contributed by atoms with Gasteiger partial charge in [0.2, 0.25) is 0 Å². The molecule has 2 amide bonds. The minimum Gasteiger partial charge on any atom is -0.333 e. The number of benzene rings is 2. The van der Waals surface area contributed by atoms with Gasteiger partial charge in [0.15, 0.2) is 5.69 Å². The van der Waals surface area contributed by atoms with Crippen molar-refractivity contribution in [1.29, 1.82) is 0 Å². The van der Waals surface area contributed by atoms with Crippen LogP contribution >= 0.6 is 11.6 Å². The van der Waals surface area contributed by atoms with E-state index < -0.39 is 0 Å². The van der Waals surface area contributed by atoms with Gasteiger partial charge < -0.3 is 10.2 Å². The molecule has 0 aliphatic heterocycles. The van der Waals surface area contributed by atoms with Crippen molar-refractivity contribution in [3.63, 3.8) is 0 Å². The normalized spacial score (nSPS) is 10.5. The summed E-state index contributed by atoms with van der Waals surface area (Å²) in [7, 11) is 1.67. The van der Waals surface area contributed by atoms with Crippen LogP contribution in [0.25, 0.3) is 0 Å². The highest BCUT2D eigenvalue weighted by molar-refractivity contribution is 6.34. The number of aromatic nitrogens is 2. The van der Waals surface area contributed by atoms with E-state index in [2.05, 4.69) is 10.4 Å². The Hall–Kier alpha value is -3.12. The smallest absolute Gasteiger partial charge is 0.274 e. The number of nitrogens with one attached hydrogen (secondary N) is 1. The van der Waals surface area contributed by atoms with Gasteiger partial charge in [-0.3, -0.25) is 14.3 Å². The molecular formula is C21H21ClN4O2. The number of amides is 2. The molecule has 3 rings (SSSR count). The monoisotopic (exact) mass is 396 g/mol. The van der Waals surface area contributed by atoms with Gasteiger partial charge in [-0.05, 0) is 24.6 Å². The molecule has 0 radical (unpaired) electrons. The minimum absolute atomic E-state index is 0.194. The molecule has 0 fully saturated rings. The van der Waals surface area contributed by atoms with Gasteiger partial charge in [-0.1, -0.05) is 54.1 Å². The molecule has 1 N–H and O–H groups in total. The van der Waals surface area contributed by atoms with Crippen LogP contribution < -0.4 is 5.32 Å². The van der Waals surface area contributed by atoms with Gasteiger partial charge in [0.25, 0.3) is 11.8 Å². The summed E-state index contributed by atoms with van der Waals surface area (Å²) < 4.78 is 1.47. The summed E-state index contributed by atoms with van der Waals surface area (Å²) in [5, 5.41) is 7.38. The van der Waals surface area contributed by atoms with Gasteiger partial charge in [-0.15, -0.1) is 0 Å². The zero-order chi connectivity index (χ0) is 20.1. The van der Waals surface area contributed by atoms with Gasteiger partial charge in [0.05, 0.1) is 10.6 Å². The number of nitrogens with zero attached hydrogens (tertiary/aromatic N) is 3. The second-order valence-electron chi connectivity index (χ2n) is 6.28. The topological polar surface area (TPSA) is 67.2 Å². The van der Waals surface area contributed by atoms with Crippen LogP contribution in [0.5, 0.6) is 0 Å². The zero-order valence-electron chi connectivity index (χ0n) is 15.7. The summed E-state index contributed by atoms with van der Waals surface area (Å²) >= 11 is 6.07. The maximum Gasteiger partial charge on any atom is 0.274 e. The number of anilines is 1. The van der Waals surface area contributed by atoms with E-state index in [1.54, 1.807) is 42.3 Å². The number of carbonyl (C=O) groups is 2. The number of rotatable bonds is 6. The quantitative estimate of drug-likeness (QED) is 0.685. The average molecular weight is 397 g/mol. The fourth-order valence-corrected chi connectivity index (χ4v) is 3.03. The van der Waals surface area contributed by atoms with Crippen molar-refractivity contribution < 1.29 is 9.59 Å². The first-order chi connectivity index (χ1) is 13.5. The van der Waals surface area contributed by atoms with Crippen molar-refractivity contribution in [2.45, 2.75) is 13.5 Å². The molecule has 6 nitrogen and oxygen atoms in total. The van der Waals surface area contributed by atoms with Gasteiger partial charge in [-0.25, -0.2) is 0 Å². The molecule has 1 heterocycles. The fourth-order valence-electron chi connectivity index (χ4n) is 2.81. The van der Waals surface area contributed by atoms with Gasteiger partial charge >= 0.3 is 0 Å². The largest absolute Gasteiger partial charge is 0.333 e. The lowest BCUT2D eigenvalue weighted by atomic mass is 10.2. The molecule has 0 bridgehead atoms. The summed E-state index contributed by atoms with van der Waals surface area (Å²) in [4.78, 5) is 27.0. The van der Waals surface area contributed by atoms with E-state index in [1.807, 2.05) is 37.3 Å². The van der Waals surface area contributed by atoms with Crippen LogP contribution in [0, 0.1) is 0 Å². The Morgan fingerprint density at radius 2 is 1.79 bits per heavy atom. The maximum absolute atomic E-state index is 12.9. The lowest BCUT2D eigenvalue weighted by Crippen LogP contribution is -2.30. The Morgan fingerprint density at radius 3 is 2.46 bits per heavy atom. The van der Waals surface area contributed by atoms with E-state index >= 15 is 0 Å². The molecule has 0 spiro atoms. The molecule has 0 aliphatic rings. The third-order valence-corrected chi connectivity index (χ3v) is 4.67. The predicted octanol–water partition coefficient (Wildman–Crippen LogP) is 3.99. The summed E-state index contributed by atoms with van der Waals surface area (Å²) in [5.41, 5.74) is 1.67. The lowest BCUT2D eigenvalue weighted by molar-refractivity contribution is 0.0745. The highest BCUT2D eigenvalue weighted by atomic mass is 35.5. The Labute approximate surface area is 168 Å². The highest BCUT2D eigenvalue weighted by Crippen LogP contribution is 2.18. The van der Waals surface area contributed by atoms with Crippen LogP contribution in [0.2, 0.25) is 5.02 Å². The van der Waals surface area contributed by atoms with Crippen LogP contribution in [-0.2, 0) is 13.6 Å². The van der Waals surface area contributed by atoms with Crippen molar-refractivity contribution in [3.8, 4) is 0 Å². The van der Waals surface area contributed by atoms with Crippen LogP contribution in [-0.4, -0.2) is 33.0 Å². The number of hydrogen-bond acceptors (Lipinski definition) is 3. The van der Waals surface area contributed by atoms with Crippen molar-refractivity contribution >= 4 is 29.2 Å². The molecule has 0 saturated heterocycles. The first-order valence-corrected chi connectivity index (χ1v) is 9.30. The highest BCUT2D eigenvalue weighted by Gasteiger charge is 2.20. The van der Waals surface area contributed by atoms with E-state index in [1.165, 1.54) is 4.68 Å². The third kappa shape index (κ3) is 4.40. The summed E-state index contributed by atoms with van der Waals surface area (Å²) in [6, 6.07) is 18.1. The van der Waals surface area contributed by atoms with Crippen molar-refractivity contribution in [3.05, 3.63) is 82.5 Å². The summed E-state index contributed by atoms with van der Waals surface area (Å²) in [6.45, 7) is 2.96. The molecule has 0 atom stereocenters. The van der Waals surface area contributed by atoms with Crippen LogP contribution in [0.15, 0.2) is 60.7 Å². The molecule has 144 valence electrons. The average Bonchev–Trinajstić information content (AvgIpc) is 3.07. The molecule has 3 aromatic rings. The van der Waals surface area contributed by atoms with E-state index in [9.17, 15) is 9.59 Å². The standard InChI is InChI=1S/C21H21ClN4O2/c1-3-26(14-15-9-5-4-6-10-15)21(28)18-13-19(25(2)24-18)23-20(27)16-11-7-8-12-17(16)22/h4-13H,3,14H2,1-2H3,(H,23,27). The zero-order valence-corrected chi connectivity index (χ0v) is 16.5. The van der Waals surface area contributed by atoms with E-state index in [0.29, 0.717) is 29.5 Å². The van der Waals surface area contributed by atoms with Crippen molar-refractivity contribution in [1.82, 2.24) is 14.7 Å². The molecular weight excluding hydrogens is 376 g/mol. The van der Waals surface area contributed by atoms with Crippen molar-refractivity contribution in [2.24, 2.45) is 7.05 Å². The maximum atomic E-state index is 12.9. The Morgan fingerprint density at radius 1 is 1.11 bits per heavy atom. The minimum atomic E-state index is -0.357. The molecule has 2 aromatic carbocycles. The molecule has 7 heteroatoms. The van der Waals surface area contributed by atoms with E-state index in [4.69, 9.17) is 11.6 Å². The second kappa shape index (κ2) is 8.71. The molecule has 1 aromatic heterocycles. The lowest BCUT2D eigenvalue weighted by Gasteiger charge is -2.19. The number of hydrogen-bond donors (Lipinski definition) is 1. The molecule has 28 heavy (non-hydrogen) atoms. The molecule has 0 aliphatic carbocycles. The summed E-state index contributed by atoms with van der Waals surface area (Å²) in [6.07, 6.45) is 0. The first kappa shape index (κ1) is 19.6. The third-order valence-electron chi connectivity index (χ3n) is 4.34. The Kier molecular flexibility index (Phi) is 6.11. The van der Waals surface area contributed by atoms with Crippen LogP contribution in [0.3, 0.4) is 0 Å². The Balaban J connectivity index is 1.76. The van der Waals surface area contributed by atoms with Crippen molar-refractivity contribution in [2.75, 3.05) is 11.9 Å². The van der Waals surface area contributed by atoms with Gasteiger partial charge in [0, 0.05) is 26.2 Å². The first-order valence-electron chi connectivity index (χ1n) is 8.92. The van der Waals surface area contributed by atoms with E-state index in [0.717, 1.165) is 5.56 Å². The van der Waals surface area contributed by atoms with Gasteiger partial charge in [-0.2, -0.15) is 5.10 Å². The van der Waals surface area contributed by atoms with Crippen LogP contribution in [0.4, 0.5) is 5.82 Å². The van der Waals surface area contributed by atoms with E-state index in [-0.39, 0.29) is 17.5 Å². The summed E-state index contributed by atoms with van der Waals surface area (Å²) in [5.74, 6) is -0.131. The number of carbonyl (C=O) groups excluding carboxylic acids is 2. The molecule has 0 unspecified atom stereocenters. The predicted molar refractivity (Wildman–Crippen MR) is 109 cm³/mol. The SMILES string of the molecule is CCN(Cc1ccccc1)C(=O)c1cc(NC(=O)c2ccccc2Cl)n(C)n1.